The highest BCUT2D eigenvalue weighted by Gasteiger charge is 2.46. The number of carbonyl (C=O) groups excluding carboxylic acids is 4. The number of amides is 3. The van der Waals surface area contributed by atoms with Crippen molar-refractivity contribution in [1.29, 1.82) is 0 Å². The van der Waals surface area contributed by atoms with Crippen LogP contribution in [0.2, 0.25) is 5.02 Å². The van der Waals surface area contributed by atoms with E-state index >= 15 is 0 Å². The topological polar surface area (TPSA) is 135 Å². The summed E-state index contributed by atoms with van der Waals surface area (Å²) in [6, 6.07) is 14.8. The zero-order valence-electron chi connectivity index (χ0n) is 29.6. The summed E-state index contributed by atoms with van der Waals surface area (Å²) in [6.07, 6.45) is -3.03. The molecule has 3 atom stereocenters. The Bertz CT molecular complexity index is 1770. The minimum Gasteiger partial charge on any atom is -0.497 e. The van der Waals surface area contributed by atoms with Crippen LogP contribution in [-0.4, -0.2) is 75.6 Å². The summed E-state index contributed by atoms with van der Waals surface area (Å²) in [7, 11) is 0.341. The van der Waals surface area contributed by atoms with Crippen molar-refractivity contribution in [2.24, 2.45) is 5.92 Å². The second-order valence-electron chi connectivity index (χ2n) is 11.7. The lowest BCUT2D eigenvalue weighted by molar-refractivity contribution is -0.175. The number of alkyl halides is 3. The number of pyridine rings is 1. The summed E-state index contributed by atoms with van der Waals surface area (Å²) in [4.78, 5) is 56.6. The molecule has 1 aliphatic heterocycles. The summed E-state index contributed by atoms with van der Waals surface area (Å²) in [5, 5.41) is 5.29. The van der Waals surface area contributed by atoms with Gasteiger partial charge in [0.1, 0.15) is 23.5 Å². The van der Waals surface area contributed by atoms with Gasteiger partial charge in [0.25, 0.3) is 11.7 Å². The van der Waals surface area contributed by atoms with Crippen LogP contribution in [0.3, 0.4) is 0 Å². The van der Waals surface area contributed by atoms with E-state index in [0.29, 0.717) is 22.8 Å². The summed E-state index contributed by atoms with van der Waals surface area (Å²) < 4.78 is 54.8. The number of methoxy groups -OCH3 is 1. The predicted molar refractivity (Wildman–Crippen MR) is 194 cm³/mol. The molecule has 15 heteroatoms. The Labute approximate surface area is 309 Å². The summed E-state index contributed by atoms with van der Waals surface area (Å²) in [5.74, 6) is -3.75. The van der Waals surface area contributed by atoms with Crippen molar-refractivity contribution < 1.29 is 41.3 Å². The average molecular weight is 765 g/mol. The molecule has 282 valence electrons. The number of aromatic nitrogens is 1. The first-order valence-corrected chi connectivity index (χ1v) is 18.3. The molecule has 2 heterocycles. The summed E-state index contributed by atoms with van der Waals surface area (Å²) in [5.41, 5.74) is 6.82. The minimum atomic E-state index is -5.12. The van der Waals surface area contributed by atoms with Gasteiger partial charge in [0.05, 0.1) is 18.9 Å². The Morgan fingerprint density at radius 1 is 1.02 bits per heavy atom. The van der Waals surface area contributed by atoms with E-state index in [0.717, 1.165) is 11.3 Å². The monoisotopic (exact) mass is 764 g/mol. The van der Waals surface area contributed by atoms with E-state index in [9.17, 15) is 36.6 Å². The predicted octanol–water partition coefficient (Wildman–Crippen LogP) is 5.90. The second-order valence-corrected chi connectivity index (χ2v) is 13.2. The molecule has 3 amide bonds. The van der Waals surface area contributed by atoms with Crippen molar-refractivity contribution in [2.45, 2.75) is 77.0 Å². The molecule has 4 rings (SSSR count). The quantitative estimate of drug-likeness (QED) is 0.249. The number of nitrogens with zero attached hydrogens (tertiary/aromatic N) is 2. The largest absolute Gasteiger partial charge is 0.497 e. The Hall–Kier alpha value is -4.65. The van der Waals surface area contributed by atoms with Crippen molar-refractivity contribution in [1.82, 2.24) is 20.5 Å². The normalized spacial score (nSPS) is 14.8. The van der Waals surface area contributed by atoms with Crippen molar-refractivity contribution in [3.05, 3.63) is 94.8 Å². The Kier molecular flexibility index (Phi) is 17.6. The van der Waals surface area contributed by atoms with E-state index in [2.05, 4.69) is 15.6 Å². The summed E-state index contributed by atoms with van der Waals surface area (Å²) >= 11 is 6.08. The number of hydrogen-bond acceptors (Lipinski definition) is 7. The maximum absolute atomic E-state index is 13.7. The number of ether oxygens (including phenoxy) is 1. The van der Waals surface area contributed by atoms with Gasteiger partial charge in [-0.05, 0) is 66.3 Å². The molecule has 52 heavy (non-hydrogen) atoms. The molecule has 0 aliphatic carbocycles. The number of benzene rings is 2. The van der Waals surface area contributed by atoms with Gasteiger partial charge in [-0.3, -0.25) is 24.2 Å². The molecule has 0 spiro atoms. The molecule has 2 unspecified atom stereocenters. The minimum absolute atomic E-state index is 0.0456. The SMILES string of the molecule is C#S(=O)Cc1ccc(OC)cc1.CC.CC(C)[C@H](NC(=O)C1CCCN1C(=O)C(Cc1cccc(Cl)c1)NC(=O)c1ccccn1)C(=O)C(F)(F)F. The standard InChI is InChI=1S/C26H28ClF3N4O4.C9H10O2S.C2H6/c1-15(2)21(22(35)26(28,29)30)33-24(37)20-10-6-12-34(20)25(38)19(14-16-7-5-8-17(27)13-16)32-23(36)18-9-3-4-11-31-18;1-11-9-5-3-8(4-6-9)7-12(2)10;1-2/h3-5,7-9,11,13,15,19-21H,6,10,12,14H2,1-2H3,(H,32,36)(H,33,37);2-6H,7H2,1H3;1-2H3/t19?,20?,21-;;/m0../s1. The van der Waals surface area contributed by atoms with Crippen LogP contribution >= 0.6 is 11.6 Å². The number of hydrogen-bond donors (Lipinski definition) is 2. The lowest BCUT2D eigenvalue weighted by Crippen LogP contribution is -2.57. The fourth-order valence-electron chi connectivity index (χ4n) is 5.18. The van der Waals surface area contributed by atoms with Crippen LogP contribution in [-0.2, 0) is 36.8 Å². The molecular weight excluding hydrogens is 721 g/mol. The molecule has 3 aromatic rings. The van der Waals surface area contributed by atoms with E-state index in [1.807, 2.05) is 38.1 Å². The molecule has 0 saturated carbocycles. The van der Waals surface area contributed by atoms with Gasteiger partial charge < -0.3 is 20.3 Å². The first-order valence-electron chi connectivity index (χ1n) is 16.5. The van der Waals surface area contributed by atoms with Gasteiger partial charge in [-0.1, -0.05) is 75.3 Å². The van der Waals surface area contributed by atoms with Crippen molar-refractivity contribution in [2.75, 3.05) is 13.7 Å². The zero-order valence-corrected chi connectivity index (χ0v) is 31.2. The van der Waals surface area contributed by atoms with E-state index in [4.69, 9.17) is 22.0 Å². The van der Waals surface area contributed by atoms with Crippen LogP contribution in [0.4, 0.5) is 13.2 Å². The Morgan fingerprint density at radius 3 is 2.23 bits per heavy atom. The van der Waals surface area contributed by atoms with Crippen LogP contribution in [0.25, 0.3) is 0 Å². The number of halogens is 4. The van der Waals surface area contributed by atoms with Crippen molar-refractivity contribution in [3.8, 4) is 11.4 Å². The number of ketones is 1. The first kappa shape index (κ1) is 43.5. The van der Waals surface area contributed by atoms with Gasteiger partial charge in [0.15, 0.2) is 0 Å². The molecule has 2 aromatic carbocycles. The highest BCUT2D eigenvalue weighted by atomic mass is 35.5. The molecule has 1 fully saturated rings. The Balaban J connectivity index is 0.000000561. The van der Waals surface area contributed by atoms with Gasteiger partial charge >= 0.3 is 6.18 Å². The van der Waals surface area contributed by atoms with E-state index < -0.39 is 63.9 Å². The molecule has 10 nitrogen and oxygen atoms in total. The fraction of sp³-hybridized carbons (Fsp3) is 0.405. The van der Waals surface area contributed by atoms with Gasteiger partial charge in [0.2, 0.25) is 11.8 Å². The highest BCUT2D eigenvalue weighted by molar-refractivity contribution is 7.73. The van der Waals surface area contributed by atoms with Crippen LogP contribution in [0, 0.1) is 11.6 Å². The molecule has 0 bridgehead atoms. The molecule has 1 aromatic heterocycles. The van der Waals surface area contributed by atoms with Gasteiger partial charge in [-0.15, -0.1) is 0 Å². The molecule has 0 radical (unpaired) electrons. The number of Topliss-reactive ketones (excluding diaryl/α,β-unsaturated/α-hetero) is 1. The second kappa shape index (κ2) is 21.0. The van der Waals surface area contributed by atoms with Crippen LogP contribution in [0.15, 0.2) is 72.9 Å². The maximum atomic E-state index is 13.7. The number of carbonyl (C=O) groups is 4. The lowest BCUT2D eigenvalue weighted by atomic mass is 9.98. The van der Waals surface area contributed by atoms with Crippen LogP contribution in [0.5, 0.6) is 5.75 Å². The third-order valence-corrected chi connectivity index (χ3v) is 8.52. The molecule has 1 aliphatic rings. The van der Waals surface area contributed by atoms with Gasteiger partial charge in [0, 0.05) is 34.4 Å². The molecule has 1 saturated heterocycles. The fourth-order valence-corrected chi connectivity index (χ4v) is 5.91. The molecular formula is C37H44ClF3N4O6S. The van der Waals surface area contributed by atoms with E-state index in [-0.39, 0.29) is 25.1 Å². The lowest BCUT2D eigenvalue weighted by Gasteiger charge is -2.30. The zero-order chi connectivity index (χ0) is 39.0. The number of likely N-dealkylation sites (tertiary alicyclic amines) is 1. The van der Waals surface area contributed by atoms with Crippen molar-refractivity contribution >= 4 is 45.3 Å². The highest BCUT2D eigenvalue weighted by Crippen LogP contribution is 2.24. The van der Waals surface area contributed by atoms with Crippen LogP contribution < -0.4 is 15.4 Å². The Morgan fingerprint density at radius 2 is 1.69 bits per heavy atom. The molecule has 2 N–H and O–H groups in total. The third-order valence-electron chi connectivity index (χ3n) is 7.66. The summed E-state index contributed by atoms with van der Waals surface area (Å²) in [6.45, 7) is 6.93. The number of nitrogens with one attached hydrogen (secondary N) is 2. The van der Waals surface area contributed by atoms with Gasteiger partial charge in [-0.2, -0.15) is 13.2 Å². The first-order chi connectivity index (χ1) is 24.6. The van der Waals surface area contributed by atoms with Crippen LogP contribution in [0.1, 0.15) is 62.2 Å². The van der Waals surface area contributed by atoms with E-state index in [1.54, 1.807) is 43.5 Å². The maximum Gasteiger partial charge on any atom is 0.452 e. The smallest absolute Gasteiger partial charge is 0.452 e. The average Bonchev–Trinajstić information content (AvgIpc) is 3.61. The number of rotatable bonds is 11. The third kappa shape index (κ3) is 13.5. The van der Waals surface area contributed by atoms with E-state index in [1.165, 1.54) is 31.0 Å². The van der Waals surface area contributed by atoms with Gasteiger partial charge in [-0.25, -0.2) is 4.21 Å². The van der Waals surface area contributed by atoms with Crippen molar-refractivity contribution in [3.63, 3.8) is 0 Å².